The molecule has 0 spiro atoms. The minimum absolute atomic E-state index is 1.17. The third-order valence-electron chi connectivity index (χ3n) is 27.7. The highest BCUT2D eigenvalue weighted by Crippen LogP contribution is 2.47. The van der Waals surface area contributed by atoms with E-state index in [0.717, 1.165) is 0 Å². The molecular formula is C130H86N6. The minimum atomic E-state index is 1.17. The second-order valence-corrected chi connectivity index (χ2v) is 35.4. The zero-order valence-corrected chi connectivity index (χ0v) is 74.3. The Morgan fingerprint density at radius 2 is 0.309 bits per heavy atom. The normalized spacial score (nSPS) is 11.7. The zero-order valence-electron chi connectivity index (χ0n) is 74.3. The Hall–Kier alpha value is -18.1. The molecule has 0 fully saturated rings. The van der Waals surface area contributed by atoms with E-state index in [-0.39, 0.29) is 0 Å². The molecule has 136 heavy (non-hydrogen) atoms. The van der Waals surface area contributed by atoms with E-state index < -0.39 is 0 Å². The SMILES string of the molecule is c1ccc(-n2c3ccccc3c3cc(-c4ccc(-c5ccc6c(c5)c5ccccc5n6-c5ccccc5)c5ccccc45)ccc32)cc1.c1ccc(-n2c3ccccc3c3cc(-c4cccc(-c5cccc6c5c5ccccc5n6-c5ccccc5)c4)ccc32)cc1.c1ccc(-n2c3ccccc3c3ccc(-c4cccc(-c5ccc6c7ccccc7n(-c7ccccc7)c6c5)c4)cc32)cc1. The van der Waals surface area contributed by atoms with Crippen molar-refractivity contribution >= 4 is 142 Å². The minimum Gasteiger partial charge on any atom is -0.309 e. The molecule has 0 unspecified atom stereocenters. The summed E-state index contributed by atoms with van der Waals surface area (Å²) in [6.45, 7) is 0. The first-order valence-corrected chi connectivity index (χ1v) is 46.8. The quantitative estimate of drug-likeness (QED) is 0.117. The van der Waals surface area contributed by atoms with E-state index in [1.54, 1.807) is 0 Å². The van der Waals surface area contributed by atoms with Gasteiger partial charge in [-0.3, -0.25) is 0 Å². The number of benzene rings is 22. The number of para-hydroxylation sites is 12. The molecule has 0 aliphatic carbocycles. The van der Waals surface area contributed by atoms with Gasteiger partial charge in [0.15, 0.2) is 0 Å². The molecular weight excluding hydrogens is 1650 g/mol. The molecule has 636 valence electrons. The molecule has 6 nitrogen and oxygen atoms in total. The summed E-state index contributed by atoms with van der Waals surface area (Å²) in [6.07, 6.45) is 0. The lowest BCUT2D eigenvalue weighted by atomic mass is 9.91. The third-order valence-corrected chi connectivity index (χ3v) is 27.7. The maximum absolute atomic E-state index is 2.38. The molecule has 0 aliphatic heterocycles. The van der Waals surface area contributed by atoms with Crippen molar-refractivity contribution in [1.82, 2.24) is 27.4 Å². The van der Waals surface area contributed by atoms with Gasteiger partial charge in [0, 0.05) is 98.8 Å². The smallest absolute Gasteiger partial charge is 0.0547 e. The highest BCUT2D eigenvalue weighted by atomic mass is 15.0. The molecule has 0 N–H and O–H groups in total. The monoisotopic (exact) mass is 1730 g/mol. The van der Waals surface area contributed by atoms with Crippen LogP contribution in [0, 0.1) is 0 Å². The molecule has 6 heterocycles. The van der Waals surface area contributed by atoms with Crippen molar-refractivity contribution in [1.29, 1.82) is 0 Å². The topological polar surface area (TPSA) is 29.6 Å². The van der Waals surface area contributed by atoms with Crippen LogP contribution < -0.4 is 0 Å². The lowest BCUT2D eigenvalue weighted by Gasteiger charge is -2.13. The molecule has 0 saturated carbocycles. The van der Waals surface area contributed by atoms with E-state index in [1.165, 1.54) is 242 Å². The fraction of sp³-hybridized carbons (Fsp3) is 0. The van der Waals surface area contributed by atoms with Crippen molar-refractivity contribution in [2.75, 3.05) is 0 Å². The van der Waals surface area contributed by atoms with Crippen LogP contribution in [0.25, 0.3) is 242 Å². The summed E-state index contributed by atoms with van der Waals surface area (Å²) in [7, 11) is 0. The first-order valence-electron chi connectivity index (χ1n) is 46.8. The van der Waals surface area contributed by atoms with Gasteiger partial charge < -0.3 is 27.4 Å². The molecule has 6 heteroatoms. The fourth-order valence-electron chi connectivity index (χ4n) is 21.7. The molecule has 28 aromatic rings. The summed E-state index contributed by atoms with van der Waals surface area (Å²) in [4.78, 5) is 0. The van der Waals surface area contributed by atoms with E-state index in [9.17, 15) is 0 Å². The maximum Gasteiger partial charge on any atom is 0.0547 e. The molecule has 6 aromatic heterocycles. The van der Waals surface area contributed by atoms with E-state index in [0.29, 0.717) is 0 Å². The zero-order chi connectivity index (χ0) is 89.7. The van der Waals surface area contributed by atoms with Gasteiger partial charge in [0.05, 0.1) is 66.2 Å². The Morgan fingerprint density at radius 3 is 0.669 bits per heavy atom. The number of aromatic nitrogens is 6. The predicted molar refractivity (Wildman–Crippen MR) is 575 cm³/mol. The molecule has 0 radical (unpaired) electrons. The predicted octanol–water partition coefficient (Wildman–Crippen LogP) is 34.8. The number of fused-ring (bicyclic) bond motifs is 19. The van der Waals surface area contributed by atoms with Gasteiger partial charge >= 0.3 is 0 Å². The van der Waals surface area contributed by atoms with Gasteiger partial charge in [0.1, 0.15) is 0 Å². The summed E-state index contributed by atoms with van der Waals surface area (Å²) in [5.74, 6) is 0. The van der Waals surface area contributed by atoms with Crippen molar-refractivity contribution in [2.24, 2.45) is 0 Å². The molecule has 0 bridgehead atoms. The summed E-state index contributed by atoms with van der Waals surface area (Å²) in [6, 6.07) is 189. The van der Waals surface area contributed by atoms with Crippen molar-refractivity contribution < 1.29 is 0 Å². The van der Waals surface area contributed by atoms with E-state index >= 15 is 0 Å². The van der Waals surface area contributed by atoms with Crippen molar-refractivity contribution in [3.05, 3.63) is 522 Å². The van der Waals surface area contributed by atoms with Gasteiger partial charge in [-0.15, -0.1) is 0 Å². The van der Waals surface area contributed by atoms with Crippen LogP contribution in [-0.4, -0.2) is 27.4 Å². The van der Waals surface area contributed by atoms with Crippen LogP contribution in [-0.2, 0) is 0 Å². The second kappa shape index (κ2) is 33.1. The summed E-state index contributed by atoms with van der Waals surface area (Å²) >= 11 is 0. The summed E-state index contributed by atoms with van der Waals surface area (Å²) in [5, 5.41) is 17.7. The molecule has 0 atom stereocenters. The lowest BCUT2D eigenvalue weighted by molar-refractivity contribution is 1.18. The van der Waals surface area contributed by atoms with Gasteiger partial charge in [-0.1, -0.05) is 346 Å². The van der Waals surface area contributed by atoms with Crippen LogP contribution in [0.15, 0.2) is 522 Å². The van der Waals surface area contributed by atoms with Crippen LogP contribution in [0.5, 0.6) is 0 Å². The van der Waals surface area contributed by atoms with Crippen molar-refractivity contribution in [3.8, 4) is 101 Å². The van der Waals surface area contributed by atoms with Crippen LogP contribution >= 0.6 is 0 Å². The Morgan fingerprint density at radius 1 is 0.0956 bits per heavy atom. The average Bonchev–Trinajstić information content (AvgIpc) is 1.56. The van der Waals surface area contributed by atoms with Crippen molar-refractivity contribution in [2.45, 2.75) is 0 Å². The lowest BCUT2D eigenvalue weighted by Crippen LogP contribution is -1.93. The fourth-order valence-corrected chi connectivity index (χ4v) is 21.7. The Kier molecular flexibility index (Phi) is 19.2. The molecule has 0 saturated heterocycles. The highest BCUT2D eigenvalue weighted by Gasteiger charge is 2.24. The van der Waals surface area contributed by atoms with Crippen molar-refractivity contribution in [3.63, 3.8) is 0 Å². The van der Waals surface area contributed by atoms with Gasteiger partial charge in [-0.2, -0.15) is 0 Å². The second-order valence-electron chi connectivity index (χ2n) is 35.4. The average molecular weight is 1730 g/mol. The van der Waals surface area contributed by atoms with Crippen LogP contribution in [0.2, 0.25) is 0 Å². The molecule has 22 aromatic carbocycles. The molecule has 0 aliphatic rings. The van der Waals surface area contributed by atoms with Gasteiger partial charge in [-0.25, -0.2) is 0 Å². The molecule has 28 rings (SSSR count). The van der Waals surface area contributed by atoms with Crippen LogP contribution in [0.3, 0.4) is 0 Å². The number of nitrogens with zero attached hydrogens (tertiary/aromatic N) is 6. The summed E-state index contributed by atoms with van der Waals surface area (Å²) < 4.78 is 14.3. The Balaban J connectivity index is 0.000000106. The van der Waals surface area contributed by atoms with E-state index in [4.69, 9.17) is 0 Å². The van der Waals surface area contributed by atoms with Gasteiger partial charge in [0.2, 0.25) is 0 Å². The first kappa shape index (κ1) is 78.9. The number of hydrogen-bond donors (Lipinski definition) is 0. The highest BCUT2D eigenvalue weighted by molar-refractivity contribution is 6.19. The Bertz CT molecular complexity index is 9160. The molecule has 0 amide bonds. The van der Waals surface area contributed by atoms with E-state index in [2.05, 4.69) is 549 Å². The van der Waals surface area contributed by atoms with Gasteiger partial charge in [0.25, 0.3) is 0 Å². The van der Waals surface area contributed by atoms with Gasteiger partial charge in [-0.05, 0) is 253 Å². The number of hydrogen-bond acceptors (Lipinski definition) is 0. The first-order chi connectivity index (χ1) is 67.5. The van der Waals surface area contributed by atoms with Crippen LogP contribution in [0.1, 0.15) is 0 Å². The largest absolute Gasteiger partial charge is 0.309 e. The van der Waals surface area contributed by atoms with E-state index in [1.807, 2.05) is 0 Å². The Labute approximate surface area is 786 Å². The number of rotatable bonds is 12. The summed E-state index contributed by atoms with van der Waals surface area (Å²) in [5.41, 5.74) is 36.4. The van der Waals surface area contributed by atoms with Crippen LogP contribution in [0.4, 0.5) is 0 Å². The maximum atomic E-state index is 2.38. The third kappa shape index (κ3) is 13.3. The standard InChI is InChI=1S/C46H30N2.2C42H28N2/c1-3-13-33(14-4-1)47-43-21-11-9-19-39(43)41-29-31(23-27-45(41)47)35-25-26-36(38-18-8-7-17-37(35)38)32-24-28-46-42(30-32)40-20-10-12-22-44(40)48(46)34-15-5-2-6-16-34;1-3-15-32(16-4-1)43-38-22-9-7-19-35(38)37-28-30(25-26-40(37)43)29-13-11-14-31(27-29)34-21-12-24-41-42(34)36-20-8-10-23-39(36)44(41)33-17-5-2-6-18-33;1-3-14-33(15-4-1)43-39-20-9-7-18-35(39)37-24-22-31(27-41(37)43)29-12-11-13-30(26-29)32-23-25-38-36-19-8-10-21-40(36)44(42(38)28-32)34-16-5-2-6-17-34/h1-30H;2*1-28H.